The molecule has 3 aromatic rings. The molecule has 1 atom stereocenters. The van der Waals surface area contributed by atoms with Crippen molar-refractivity contribution in [2.45, 2.75) is 11.8 Å². The summed E-state index contributed by atoms with van der Waals surface area (Å²) in [6.45, 7) is 1.71. The fraction of sp³-hybridized carbons (Fsp3) is 0.0952. The van der Waals surface area contributed by atoms with Crippen molar-refractivity contribution in [2.24, 2.45) is 20.5 Å². The SMILES string of the molecule is CC(Br)C(=O)Oc1ccc(N=Nc2ccc(N=Nc3ccccc3)cc2)cc1. The third-order valence-electron chi connectivity index (χ3n) is 3.55. The summed E-state index contributed by atoms with van der Waals surface area (Å²) in [7, 11) is 0. The normalized spacial score (nSPS) is 12.4. The van der Waals surface area contributed by atoms with Gasteiger partial charge in [-0.1, -0.05) is 34.1 Å². The Morgan fingerprint density at radius 1 is 0.714 bits per heavy atom. The molecule has 0 heterocycles. The second-order valence-electron chi connectivity index (χ2n) is 5.78. The standard InChI is InChI=1S/C21H17BrN4O2/c1-15(22)21(27)28-20-13-11-19(12-14-20)26-25-18-9-7-17(8-10-18)24-23-16-5-3-2-4-6-16/h2-15H,1H3. The maximum absolute atomic E-state index is 11.5. The van der Waals surface area contributed by atoms with E-state index in [1.807, 2.05) is 54.6 Å². The van der Waals surface area contributed by atoms with E-state index in [0.717, 1.165) is 11.4 Å². The maximum Gasteiger partial charge on any atom is 0.324 e. The van der Waals surface area contributed by atoms with Crippen molar-refractivity contribution in [1.82, 2.24) is 0 Å². The molecule has 0 aliphatic heterocycles. The number of halogens is 1. The van der Waals surface area contributed by atoms with Crippen LogP contribution in [0.5, 0.6) is 5.75 Å². The van der Waals surface area contributed by atoms with Gasteiger partial charge in [-0.3, -0.25) is 4.79 Å². The molecule has 7 heteroatoms. The lowest BCUT2D eigenvalue weighted by Gasteiger charge is -2.05. The first-order valence-electron chi connectivity index (χ1n) is 8.54. The number of rotatable bonds is 6. The van der Waals surface area contributed by atoms with Gasteiger partial charge in [0.15, 0.2) is 0 Å². The number of hydrogen-bond acceptors (Lipinski definition) is 6. The molecule has 0 amide bonds. The Kier molecular flexibility index (Phi) is 6.75. The summed E-state index contributed by atoms with van der Waals surface area (Å²) in [5.41, 5.74) is 2.88. The van der Waals surface area contributed by atoms with Gasteiger partial charge in [0.25, 0.3) is 0 Å². The first-order valence-corrected chi connectivity index (χ1v) is 9.46. The molecule has 0 bridgehead atoms. The van der Waals surface area contributed by atoms with Gasteiger partial charge < -0.3 is 4.74 Å². The van der Waals surface area contributed by atoms with Crippen LogP contribution in [0.4, 0.5) is 22.7 Å². The molecule has 0 radical (unpaired) electrons. The second-order valence-corrected chi connectivity index (χ2v) is 7.16. The molecule has 6 nitrogen and oxygen atoms in total. The summed E-state index contributed by atoms with van der Waals surface area (Å²) < 4.78 is 5.18. The second kappa shape index (κ2) is 9.66. The van der Waals surface area contributed by atoms with Gasteiger partial charge in [-0.25, -0.2) is 0 Å². The van der Waals surface area contributed by atoms with E-state index in [9.17, 15) is 4.79 Å². The number of benzene rings is 3. The molecule has 1 unspecified atom stereocenters. The van der Waals surface area contributed by atoms with Gasteiger partial charge in [-0.2, -0.15) is 20.5 Å². The number of hydrogen-bond donors (Lipinski definition) is 0. The molecule has 0 spiro atoms. The van der Waals surface area contributed by atoms with Crippen LogP contribution in [-0.4, -0.2) is 10.8 Å². The lowest BCUT2D eigenvalue weighted by molar-refractivity contribution is -0.133. The minimum atomic E-state index is -0.359. The number of azo groups is 2. The van der Waals surface area contributed by atoms with E-state index >= 15 is 0 Å². The quantitative estimate of drug-likeness (QED) is 0.177. The smallest absolute Gasteiger partial charge is 0.324 e. The van der Waals surface area contributed by atoms with E-state index in [2.05, 4.69) is 36.4 Å². The average Bonchev–Trinajstić information content (AvgIpc) is 2.73. The number of carbonyl (C=O) groups is 1. The number of esters is 1. The third kappa shape index (κ3) is 5.92. The summed E-state index contributed by atoms with van der Waals surface area (Å²) in [4.78, 5) is 11.2. The predicted octanol–water partition coefficient (Wildman–Crippen LogP) is 7.21. The number of nitrogens with zero attached hydrogens (tertiary/aromatic N) is 4. The highest BCUT2D eigenvalue weighted by atomic mass is 79.9. The minimum absolute atomic E-state index is 0.348. The molecular formula is C21H17BrN4O2. The van der Waals surface area contributed by atoms with Crippen LogP contribution >= 0.6 is 15.9 Å². The molecular weight excluding hydrogens is 420 g/mol. The topological polar surface area (TPSA) is 75.7 Å². The van der Waals surface area contributed by atoms with Gasteiger partial charge in [0.05, 0.1) is 22.7 Å². The van der Waals surface area contributed by atoms with Crippen molar-refractivity contribution in [3.8, 4) is 5.75 Å². The Hall–Kier alpha value is -3.19. The van der Waals surface area contributed by atoms with Gasteiger partial charge in [0, 0.05) is 0 Å². The molecule has 0 aliphatic carbocycles. The predicted molar refractivity (Wildman–Crippen MR) is 112 cm³/mol. The average molecular weight is 437 g/mol. The van der Waals surface area contributed by atoms with E-state index in [1.54, 1.807) is 31.2 Å². The van der Waals surface area contributed by atoms with Crippen LogP contribution in [0.25, 0.3) is 0 Å². The van der Waals surface area contributed by atoms with E-state index in [-0.39, 0.29) is 10.8 Å². The van der Waals surface area contributed by atoms with Crippen molar-refractivity contribution in [3.05, 3.63) is 78.9 Å². The van der Waals surface area contributed by atoms with Crippen molar-refractivity contribution in [1.29, 1.82) is 0 Å². The Bertz CT molecular complexity index is 970. The highest BCUT2D eigenvalue weighted by molar-refractivity contribution is 9.10. The number of alkyl halides is 1. The van der Waals surface area contributed by atoms with Crippen LogP contribution in [0.2, 0.25) is 0 Å². The van der Waals surface area contributed by atoms with Crippen LogP contribution in [0, 0.1) is 0 Å². The first kappa shape index (κ1) is 19.6. The monoisotopic (exact) mass is 436 g/mol. The summed E-state index contributed by atoms with van der Waals surface area (Å²) in [5.74, 6) is 0.113. The Morgan fingerprint density at radius 2 is 1.11 bits per heavy atom. The van der Waals surface area contributed by atoms with Crippen LogP contribution in [0.3, 0.4) is 0 Å². The van der Waals surface area contributed by atoms with Crippen LogP contribution < -0.4 is 4.74 Å². The largest absolute Gasteiger partial charge is 0.426 e. The Balaban J connectivity index is 1.60. The van der Waals surface area contributed by atoms with E-state index in [4.69, 9.17) is 4.74 Å². The molecule has 0 saturated carbocycles. The lowest BCUT2D eigenvalue weighted by atomic mass is 10.3. The van der Waals surface area contributed by atoms with E-state index < -0.39 is 0 Å². The van der Waals surface area contributed by atoms with Crippen molar-refractivity contribution >= 4 is 44.6 Å². The maximum atomic E-state index is 11.5. The first-order chi connectivity index (χ1) is 13.6. The summed E-state index contributed by atoms with van der Waals surface area (Å²) in [5, 5.41) is 16.7. The van der Waals surface area contributed by atoms with Gasteiger partial charge in [-0.15, -0.1) is 0 Å². The fourth-order valence-electron chi connectivity index (χ4n) is 2.09. The highest BCUT2D eigenvalue weighted by Gasteiger charge is 2.10. The molecule has 0 aliphatic rings. The van der Waals surface area contributed by atoms with Crippen molar-refractivity contribution < 1.29 is 9.53 Å². The molecule has 3 aromatic carbocycles. The van der Waals surface area contributed by atoms with Gasteiger partial charge in [0.1, 0.15) is 10.6 Å². The third-order valence-corrected chi connectivity index (χ3v) is 3.92. The van der Waals surface area contributed by atoms with Crippen LogP contribution in [-0.2, 0) is 4.79 Å². The van der Waals surface area contributed by atoms with Crippen LogP contribution in [0.15, 0.2) is 99.3 Å². The lowest BCUT2D eigenvalue weighted by Crippen LogP contribution is -2.16. The van der Waals surface area contributed by atoms with Crippen molar-refractivity contribution in [3.63, 3.8) is 0 Å². The number of carbonyl (C=O) groups excluding carboxylic acids is 1. The summed E-state index contributed by atoms with van der Waals surface area (Å²) in [6.07, 6.45) is 0. The molecule has 28 heavy (non-hydrogen) atoms. The molecule has 0 aromatic heterocycles. The van der Waals surface area contributed by atoms with Gasteiger partial charge in [-0.05, 0) is 67.6 Å². The molecule has 0 saturated heterocycles. The van der Waals surface area contributed by atoms with Gasteiger partial charge in [0.2, 0.25) is 0 Å². The molecule has 0 N–H and O–H groups in total. The zero-order valence-electron chi connectivity index (χ0n) is 15.1. The molecule has 140 valence electrons. The molecule has 0 fully saturated rings. The molecule has 3 rings (SSSR count). The Morgan fingerprint density at radius 3 is 1.54 bits per heavy atom. The van der Waals surface area contributed by atoms with E-state index in [0.29, 0.717) is 17.1 Å². The Labute approximate surface area is 171 Å². The zero-order chi connectivity index (χ0) is 19.8. The number of ether oxygens (including phenoxy) is 1. The summed E-state index contributed by atoms with van der Waals surface area (Å²) in [6, 6.07) is 23.6. The minimum Gasteiger partial charge on any atom is -0.426 e. The van der Waals surface area contributed by atoms with Crippen molar-refractivity contribution in [2.75, 3.05) is 0 Å². The highest BCUT2D eigenvalue weighted by Crippen LogP contribution is 2.24. The van der Waals surface area contributed by atoms with E-state index in [1.165, 1.54) is 0 Å². The summed E-state index contributed by atoms with van der Waals surface area (Å²) >= 11 is 3.17. The fourth-order valence-corrected chi connectivity index (χ4v) is 2.18. The van der Waals surface area contributed by atoms with Gasteiger partial charge >= 0.3 is 5.97 Å². The van der Waals surface area contributed by atoms with Crippen LogP contribution in [0.1, 0.15) is 6.92 Å². The zero-order valence-corrected chi connectivity index (χ0v) is 16.7.